The maximum atomic E-state index is 8.90. The van der Waals surface area contributed by atoms with Gasteiger partial charge >= 0.3 is 0 Å². The van der Waals surface area contributed by atoms with E-state index in [-0.39, 0.29) is 0 Å². The second-order valence-electron chi connectivity index (χ2n) is 6.62. The lowest BCUT2D eigenvalue weighted by Gasteiger charge is -2.36. The quantitative estimate of drug-likeness (QED) is 0.714. The highest BCUT2D eigenvalue weighted by atomic mass is 15.2. The molecule has 3 heteroatoms. The zero-order chi connectivity index (χ0) is 15.0. The van der Waals surface area contributed by atoms with E-state index in [0.717, 1.165) is 6.42 Å². The Kier molecular flexibility index (Phi) is 7.55. The summed E-state index contributed by atoms with van der Waals surface area (Å²) in [5.74, 6) is 0. The van der Waals surface area contributed by atoms with Gasteiger partial charge in [-0.3, -0.25) is 4.90 Å². The van der Waals surface area contributed by atoms with Crippen LogP contribution in [0.3, 0.4) is 0 Å². The molecule has 1 fully saturated rings. The van der Waals surface area contributed by atoms with Crippen LogP contribution in [0, 0.1) is 16.7 Å². The summed E-state index contributed by atoms with van der Waals surface area (Å²) in [5.41, 5.74) is 0.350. The Morgan fingerprint density at radius 1 is 1.10 bits per heavy atom. The van der Waals surface area contributed by atoms with Crippen LogP contribution in [-0.4, -0.2) is 48.6 Å². The highest BCUT2D eigenvalue weighted by Gasteiger charge is 2.29. The fraction of sp³-hybridized carbons (Fsp3) is 0.941. The molecule has 0 aliphatic carbocycles. The summed E-state index contributed by atoms with van der Waals surface area (Å²) in [6.45, 7) is 15.2. The van der Waals surface area contributed by atoms with Gasteiger partial charge in [0.1, 0.15) is 0 Å². The van der Waals surface area contributed by atoms with Gasteiger partial charge in [-0.2, -0.15) is 5.26 Å². The van der Waals surface area contributed by atoms with E-state index in [1.54, 1.807) is 0 Å². The number of rotatable bonds is 7. The van der Waals surface area contributed by atoms with Crippen molar-refractivity contribution in [3.05, 3.63) is 0 Å². The van der Waals surface area contributed by atoms with Crippen molar-refractivity contribution in [1.29, 1.82) is 5.26 Å². The maximum Gasteiger partial charge on any atom is 0.0621 e. The van der Waals surface area contributed by atoms with Gasteiger partial charge in [0.2, 0.25) is 0 Å². The van der Waals surface area contributed by atoms with Crippen LogP contribution in [0.5, 0.6) is 0 Å². The molecule has 1 heterocycles. The normalized spacial score (nSPS) is 19.0. The summed E-state index contributed by atoms with van der Waals surface area (Å²) < 4.78 is 0. The monoisotopic (exact) mass is 279 g/mol. The molecule has 1 aliphatic rings. The maximum absolute atomic E-state index is 8.90. The topological polar surface area (TPSA) is 30.3 Å². The summed E-state index contributed by atoms with van der Waals surface area (Å²) in [5, 5.41) is 8.90. The van der Waals surface area contributed by atoms with Crippen molar-refractivity contribution in [2.45, 2.75) is 65.8 Å². The predicted molar refractivity (Wildman–Crippen MR) is 85.6 cm³/mol. The van der Waals surface area contributed by atoms with E-state index in [0.29, 0.717) is 17.9 Å². The fourth-order valence-corrected chi connectivity index (χ4v) is 3.37. The molecule has 0 aromatic carbocycles. The summed E-state index contributed by atoms with van der Waals surface area (Å²) in [6, 6.07) is 3.00. The van der Waals surface area contributed by atoms with Crippen molar-refractivity contribution in [3.8, 4) is 6.07 Å². The largest absolute Gasteiger partial charge is 0.301 e. The minimum absolute atomic E-state index is 0.350. The second kappa shape index (κ2) is 8.64. The van der Waals surface area contributed by atoms with Crippen LogP contribution in [0.1, 0.15) is 59.8 Å². The molecular formula is C17H33N3. The Hall–Kier alpha value is -0.590. The van der Waals surface area contributed by atoms with Gasteiger partial charge in [0, 0.05) is 32.1 Å². The Morgan fingerprint density at radius 2 is 1.80 bits per heavy atom. The average molecular weight is 279 g/mol. The fourth-order valence-electron chi connectivity index (χ4n) is 3.37. The van der Waals surface area contributed by atoms with Crippen LogP contribution in [0.15, 0.2) is 0 Å². The lowest BCUT2D eigenvalue weighted by molar-refractivity contribution is 0.129. The van der Waals surface area contributed by atoms with E-state index in [4.69, 9.17) is 5.26 Å². The molecule has 0 saturated carbocycles. The Balaban J connectivity index is 2.58. The molecule has 0 aromatic heterocycles. The lowest BCUT2D eigenvalue weighted by Crippen LogP contribution is -2.40. The van der Waals surface area contributed by atoms with Crippen LogP contribution >= 0.6 is 0 Å². The molecule has 20 heavy (non-hydrogen) atoms. The molecular weight excluding hydrogens is 246 g/mol. The molecule has 0 spiro atoms. The number of hydrogen-bond donors (Lipinski definition) is 0. The zero-order valence-electron chi connectivity index (χ0n) is 14.0. The summed E-state index contributed by atoms with van der Waals surface area (Å²) in [4.78, 5) is 5.24. The first-order valence-corrected chi connectivity index (χ1v) is 8.40. The van der Waals surface area contributed by atoms with Crippen LogP contribution in [-0.2, 0) is 0 Å². The van der Waals surface area contributed by atoms with Gasteiger partial charge in [-0.15, -0.1) is 0 Å². The molecule has 0 amide bonds. The average Bonchev–Trinajstić information content (AvgIpc) is 2.69. The van der Waals surface area contributed by atoms with Crippen molar-refractivity contribution in [2.75, 3.05) is 32.7 Å². The molecule has 0 radical (unpaired) electrons. The van der Waals surface area contributed by atoms with E-state index in [9.17, 15) is 0 Å². The van der Waals surface area contributed by atoms with Gasteiger partial charge in [0.25, 0.3) is 0 Å². The van der Waals surface area contributed by atoms with Crippen LogP contribution in [0.25, 0.3) is 0 Å². The van der Waals surface area contributed by atoms with Gasteiger partial charge < -0.3 is 4.90 Å². The van der Waals surface area contributed by atoms with Crippen molar-refractivity contribution < 1.29 is 0 Å². The molecule has 1 aliphatic heterocycles. The Morgan fingerprint density at radius 3 is 2.35 bits per heavy atom. The first-order valence-electron chi connectivity index (χ1n) is 8.40. The highest BCUT2D eigenvalue weighted by molar-refractivity contribution is 4.86. The Bertz CT molecular complexity index is 302. The van der Waals surface area contributed by atoms with Gasteiger partial charge in [-0.1, -0.05) is 13.8 Å². The van der Waals surface area contributed by atoms with E-state index in [1.165, 1.54) is 52.0 Å². The molecule has 1 rings (SSSR count). The van der Waals surface area contributed by atoms with Gasteiger partial charge in [0.15, 0.2) is 0 Å². The molecule has 0 atom stereocenters. The molecule has 3 nitrogen and oxygen atoms in total. The first kappa shape index (κ1) is 17.5. The third-order valence-electron chi connectivity index (χ3n) is 5.18. The van der Waals surface area contributed by atoms with Gasteiger partial charge in [-0.05, 0) is 58.0 Å². The lowest BCUT2D eigenvalue weighted by atomic mass is 9.77. The van der Waals surface area contributed by atoms with Gasteiger partial charge in [0.05, 0.1) is 6.07 Å². The van der Waals surface area contributed by atoms with Crippen LogP contribution in [0.2, 0.25) is 0 Å². The molecule has 116 valence electrons. The first-order chi connectivity index (χ1) is 9.56. The molecule has 0 N–H and O–H groups in total. The van der Waals surface area contributed by atoms with Crippen molar-refractivity contribution in [2.24, 2.45) is 5.41 Å². The van der Waals surface area contributed by atoms with E-state index in [2.05, 4.69) is 43.6 Å². The van der Waals surface area contributed by atoms with Crippen molar-refractivity contribution in [1.82, 2.24) is 9.80 Å². The number of hydrogen-bond acceptors (Lipinski definition) is 3. The minimum atomic E-state index is 0.350. The predicted octanol–water partition coefficient (Wildman–Crippen LogP) is 3.51. The highest BCUT2D eigenvalue weighted by Crippen LogP contribution is 2.33. The van der Waals surface area contributed by atoms with Crippen LogP contribution < -0.4 is 0 Å². The molecule has 0 bridgehead atoms. The SMILES string of the molecule is CCC(CC)(CCC#N)CN1CCCN(C(C)C)CC1. The van der Waals surface area contributed by atoms with Gasteiger partial charge in [-0.25, -0.2) is 0 Å². The standard InChI is InChI=1S/C17H33N3/c1-5-17(6-2,9-7-10-18)15-19-11-8-12-20(14-13-19)16(3)4/h16H,5-9,11-15H2,1-4H3. The smallest absolute Gasteiger partial charge is 0.0621 e. The molecule has 0 unspecified atom stereocenters. The summed E-state index contributed by atoms with van der Waals surface area (Å²) >= 11 is 0. The zero-order valence-corrected chi connectivity index (χ0v) is 14.0. The molecule has 1 saturated heterocycles. The second-order valence-corrected chi connectivity index (χ2v) is 6.62. The third kappa shape index (κ3) is 5.07. The third-order valence-corrected chi connectivity index (χ3v) is 5.18. The summed E-state index contributed by atoms with van der Waals surface area (Å²) in [6.07, 6.45) is 5.42. The summed E-state index contributed by atoms with van der Waals surface area (Å²) in [7, 11) is 0. The van der Waals surface area contributed by atoms with Crippen LogP contribution in [0.4, 0.5) is 0 Å². The van der Waals surface area contributed by atoms with Crippen molar-refractivity contribution >= 4 is 0 Å². The van der Waals surface area contributed by atoms with E-state index in [1.807, 2.05) is 0 Å². The van der Waals surface area contributed by atoms with E-state index < -0.39 is 0 Å². The Labute approximate surface area is 125 Å². The van der Waals surface area contributed by atoms with Crippen molar-refractivity contribution in [3.63, 3.8) is 0 Å². The minimum Gasteiger partial charge on any atom is -0.301 e. The van der Waals surface area contributed by atoms with E-state index >= 15 is 0 Å². The molecule has 0 aromatic rings. The number of nitrogens with zero attached hydrogens (tertiary/aromatic N) is 3. The number of nitriles is 1.